The average molecular weight is 1760 g/mol. The number of aliphatic hydroxyl groups is 2. The van der Waals surface area contributed by atoms with E-state index in [2.05, 4.69) is 203 Å². The number of carbonyl (C=O) groups excluding carboxylic acids is 3. The second-order valence-corrected chi connectivity index (χ2v) is 35.3. The second kappa shape index (κ2) is 95.7. The van der Waals surface area contributed by atoms with Gasteiger partial charge in [-0.2, -0.15) is 0 Å². The van der Waals surface area contributed by atoms with Gasteiger partial charge in [0.1, 0.15) is 25.4 Å². The number of hydrogen-bond acceptors (Lipinski definition) is 14. The SMILES string of the molecule is CC/C=C\C/C=C\C/C=C\C/C=C\C/C=C\CCCCCCCCCCCCCCCCCCCCCC(=O)OCC(O)COP(=O)(O)OCC(O)COP(=O)(O)OCC(COC(=O)CCCCCCCCCCCCCCCCCCC/C=C\C/C=C\C/C=C\C/C=C\C/C=C\CC)OC(=O)CCCCC/C=C\C/C=C\C/C=C\C/C=C\C/C=C\CC. The van der Waals surface area contributed by atoms with Crippen molar-refractivity contribution in [1.29, 1.82) is 0 Å². The molecule has 0 aromatic rings. The highest BCUT2D eigenvalue weighted by molar-refractivity contribution is 7.47. The highest BCUT2D eigenvalue weighted by Crippen LogP contribution is 2.45. The monoisotopic (exact) mass is 1760 g/mol. The third-order valence-corrected chi connectivity index (χ3v) is 22.5. The van der Waals surface area contributed by atoms with Gasteiger partial charge < -0.3 is 34.2 Å². The van der Waals surface area contributed by atoms with Crippen LogP contribution in [0.5, 0.6) is 0 Å². The summed E-state index contributed by atoms with van der Waals surface area (Å²) in [7, 11) is -9.82. The van der Waals surface area contributed by atoms with Crippen molar-refractivity contribution in [3.8, 4) is 0 Å². The van der Waals surface area contributed by atoms with Gasteiger partial charge in [-0.25, -0.2) is 9.13 Å². The van der Waals surface area contributed by atoms with Gasteiger partial charge in [0.25, 0.3) is 0 Å². The number of rotatable bonds is 92. The van der Waals surface area contributed by atoms with Gasteiger partial charge >= 0.3 is 33.6 Å². The topological polar surface area (TPSA) is 231 Å². The van der Waals surface area contributed by atoms with Crippen LogP contribution in [-0.2, 0) is 55.8 Å². The zero-order chi connectivity index (χ0) is 89.3. The number of phosphoric acid groups is 2. The molecule has 0 amide bonds. The maximum atomic E-state index is 13.1. The number of phosphoric ester groups is 2. The van der Waals surface area contributed by atoms with Crippen LogP contribution in [0.15, 0.2) is 182 Å². The fourth-order valence-electron chi connectivity index (χ4n) is 13.3. The molecule has 5 atom stereocenters. The van der Waals surface area contributed by atoms with Gasteiger partial charge in [-0.3, -0.25) is 32.5 Å². The Morgan fingerprint density at radius 2 is 0.407 bits per heavy atom. The molecule has 0 saturated heterocycles. The first-order chi connectivity index (χ1) is 60.2. The Hall–Kier alpha value is -5.35. The summed E-state index contributed by atoms with van der Waals surface area (Å²) < 4.78 is 61.5. The molecular weight excluding hydrogens is 1580 g/mol. The molecule has 0 heterocycles. The minimum absolute atomic E-state index is 0.0625. The summed E-state index contributed by atoms with van der Waals surface area (Å²) in [6, 6.07) is 0. The molecule has 0 aromatic heterocycles. The number of esters is 3. The van der Waals surface area contributed by atoms with Crippen LogP contribution in [0.1, 0.15) is 406 Å². The lowest BCUT2D eigenvalue weighted by molar-refractivity contribution is -0.161. The molecule has 18 heteroatoms. The first-order valence-corrected chi connectivity index (χ1v) is 52.1. The van der Waals surface area contributed by atoms with Crippen LogP contribution in [0.2, 0.25) is 0 Å². The van der Waals surface area contributed by atoms with Crippen molar-refractivity contribution in [3.63, 3.8) is 0 Å². The number of hydrogen-bond donors (Lipinski definition) is 4. The molecule has 0 aliphatic carbocycles. The lowest BCUT2D eigenvalue weighted by Crippen LogP contribution is -2.30. The van der Waals surface area contributed by atoms with Crippen molar-refractivity contribution in [3.05, 3.63) is 182 Å². The van der Waals surface area contributed by atoms with Crippen LogP contribution in [0.3, 0.4) is 0 Å². The van der Waals surface area contributed by atoms with Crippen molar-refractivity contribution >= 4 is 33.6 Å². The lowest BCUT2D eigenvalue weighted by atomic mass is 10.0. The molecule has 704 valence electrons. The summed E-state index contributed by atoms with van der Waals surface area (Å²) in [6.45, 7) is 2.35. The Labute approximate surface area is 751 Å². The Bertz CT molecular complexity index is 2970. The van der Waals surface area contributed by atoms with Crippen molar-refractivity contribution < 1.29 is 75.8 Å². The average Bonchev–Trinajstić information content (AvgIpc) is 0.899. The molecule has 0 aromatic carbocycles. The zero-order valence-corrected chi connectivity index (χ0v) is 79.6. The number of ether oxygens (including phenoxy) is 3. The van der Waals surface area contributed by atoms with Gasteiger partial charge in [-0.1, -0.05) is 415 Å². The lowest BCUT2D eigenvalue weighted by Gasteiger charge is -2.21. The van der Waals surface area contributed by atoms with E-state index >= 15 is 0 Å². The number of aliphatic hydroxyl groups excluding tert-OH is 2. The van der Waals surface area contributed by atoms with E-state index in [0.29, 0.717) is 19.3 Å². The Kier molecular flexibility index (Phi) is 91.6. The fraction of sp³-hybridized carbons (Fsp3) is 0.686. The molecule has 0 aliphatic heterocycles. The predicted molar refractivity (Wildman–Crippen MR) is 518 cm³/mol. The first kappa shape index (κ1) is 118. The number of unbranched alkanes of at least 4 members (excludes halogenated alkanes) is 39. The quantitative estimate of drug-likeness (QED) is 0.0146. The largest absolute Gasteiger partial charge is 0.472 e. The zero-order valence-electron chi connectivity index (χ0n) is 77.8. The van der Waals surface area contributed by atoms with Crippen molar-refractivity contribution in [2.75, 3.05) is 39.6 Å². The van der Waals surface area contributed by atoms with Gasteiger partial charge in [0.05, 0.1) is 26.4 Å². The molecule has 0 rings (SSSR count). The Balaban J connectivity index is 4.50. The molecule has 0 bridgehead atoms. The van der Waals surface area contributed by atoms with Crippen molar-refractivity contribution in [2.45, 2.75) is 424 Å². The van der Waals surface area contributed by atoms with Gasteiger partial charge in [0, 0.05) is 19.3 Å². The molecule has 0 radical (unpaired) electrons. The van der Waals surface area contributed by atoms with Gasteiger partial charge in [-0.05, 0) is 154 Å². The molecular formula is C105H178O16P2. The summed E-state index contributed by atoms with van der Waals surface area (Å²) >= 11 is 0. The van der Waals surface area contributed by atoms with Crippen LogP contribution in [0.25, 0.3) is 0 Å². The molecule has 0 fully saturated rings. The van der Waals surface area contributed by atoms with E-state index in [0.717, 1.165) is 154 Å². The summed E-state index contributed by atoms with van der Waals surface area (Å²) in [5.74, 6) is -1.60. The number of carbonyl (C=O) groups is 3. The van der Waals surface area contributed by atoms with E-state index < -0.39 is 91.5 Å². The minimum atomic E-state index is -4.95. The molecule has 123 heavy (non-hydrogen) atoms. The maximum Gasteiger partial charge on any atom is 0.472 e. The first-order valence-electron chi connectivity index (χ1n) is 49.1. The fourth-order valence-corrected chi connectivity index (χ4v) is 14.9. The van der Waals surface area contributed by atoms with E-state index in [9.17, 15) is 43.5 Å². The smallest absolute Gasteiger partial charge is 0.463 e. The third kappa shape index (κ3) is 97.1. The molecule has 4 N–H and O–H groups in total. The molecule has 0 saturated carbocycles. The Morgan fingerprint density at radius 3 is 0.650 bits per heavy atom. The molecule has 16 nitrogen and oxygen atoms in total. The minimum Gasteiger partial charge on any atom is -0.463 e. The molecule has 5 unspecified atom stereocenters. The van der Waals surface area contributed by atoms with E-state index in [1.807, 2.05) is 0 Å². The van der Waals surface area contributed by atoms with E-state index in [1.54, 1.807) is 0 Å². The predicted octanol–water partition coefficient (Wildman–Crippen LogP) is 30.8. The molecule has 0 spiro atoms. The van der Waals surface area contributed by atoms with Crippen LogP contribution < -0.4 is 0 Å². The highest BCUT2D eigenvalue weighted by atomic mass is 31.2. The van der Waals surface area contributed by atoms with Crippen LogP contribution in [-0.4, -0.2) is 95.9 Å². The third-order valence-electron chi connectivity index (χ3n) is 20.6. The van der Waals surface area contributed by atoms with E-state index in [1.165, 1.54) is 193 Å². The van der Waals surface area contributed by atoms with Crippen molar-refractivity contribution in [1.82, 2.24) is 0 Å². The van der Waals surface area contributed by atoms with E-state index in [-0.39, 0.29) is 19.3 Å². The van der Waals surface area contributed by atoms with Crippen LogP contribution >= 0.6 is 15.6 Å². The van der Waals surface area contributed by atoms with Gasteiger partial charge in [0.2, 0.25) is 0 Å². The normalized spacial score (nSPS) is 14.5. The number of allylic oxidation sites excluding steroid dienone is 30. The summed E-state index contributed by atoms with van der Waals surface area (Å²) in [4.78, 5) is 59.1. The van der Waals surface area contributed by atoms with Gasteiger partial charge in [-0.15, -0.1) is 0 Å². The summed E-state index contributed by atoms with van der Waals surface area (Å²) in [5.41, 5.74) is 0. The standard InChI is InChI=1S/C105H178O16P2/c1-4-7-10-13-16-19-22-25-28-31-34-36-38-40-42-44-46-48-49-51-53-54-56-58-60-62-65-67-70-73-76-79-82-85-88-91-103(108)115-94-100(106)95-117-122(111,112)118-96-101(107)97-119-123(113,114)120-99-102(121-105(110)93-90-87-84-81-78-75-72-69-64-33-30-27-24-21-18-15-12-9-6-3)98-116-104(109)92-89-86-83-80-77-74-71-68-66-63-61-59-57-55-52-50-47-45-43-41-39-37-35-32-29-26-23-20-17-14-11-8-5-2/h7-12,16-21,25-30,34-37,40-43,64,69,75,78,100-102,106-107H,4-6,13-15,22-24,31-33,38-39,44-63,65-68,70-74,76-77,79-99H2,1-3H3,(H,111,112)(H,113,114)/b10-7-,11-8-,12-9-,19-16-,20-17-,21-18-,28-25-,29-26-,30-27-,36-34-,37-35-,42-40-,43-41-,69-64-,78-75-. The second-order valence-electron chi connectivity index (χ2n) is 32.4. The van der Waals surface area contributed by atoms with Crippen molar-refractivity contribution in [2.24, 2.45) is 0 Å². The molecule has 0 aliphatic rings. The summed E-state index contributed by atoms with van der Waals surface area (Å²) in [6.07, 6.45) is 127. The van der Waals surface area contributed by atoms with Gasteiger partial charge in [0.15, 0.2) is 6.10 Å². The summed E-state index contributed by atoms with van der Waals surface area (Å²) in [5, 5.41) is 20.8. The highest BCUT2D eigenvalue weighted by Gasteiger charge is 2.30. The van der Waals surface area contributed by atoms with E-state index in [4.69, 9.17) is 32.3 Å². The van der Waals surface area contributed by atoms with Crippen LogP contribution in [0.4, 0.5) is 0 Å². The van der Waals surface area contributed by atoms with Crippen LogP contribution in [0, 0.1) is 0 Å². The Morgan fingerprint density at radius 1 is 0.228 bits per heavy atom. The maximum absolute atomic E-state index is 13.1.